The van der Waals surface area contributed by atoms with E-state index in [4.69, 9.17) is 9.47 Å². The molecule has 0 unspecified atom stereocenters. The molecular weight excluding hydrogens is 889 g/mol. The Morgan fingerprint density at radius 3 is 1.23 bits per heavy atom. The fourth-order valence-corrected chi connectivity index (χ4v) is 19.3. The highest BCUT2D eigenvalue weighted by Gasteiger charge is 2.68. The van der Waals surface area contributed by atoms with Crippen LogP contribution in [0.4, 0.5) is 0 Å². The number of hydrogen-bond donors (Lipinski definition) is 6. The quantitative estimate of drug-likeness (QED) is 0.0528. The van der Waals surface area contributed by atoms with Crippen LogP contribution in [-0.2, 0) is 28.7 Å². The molecule has 0 radical (unpaired) electrons. The molecule has 398 valence electrons. The van der Waals surface area contributed by atoms with E-state index in [2.05, 4.69) is 41.5 Å². The van der Waals surface area contributed by atoms with Gasteiger partial charge in [0.15, 0.2) is 0 Å². The molecule has 0 spiro atoms. The normalized spacial score (nSPS) is 45.9. The molecule has 0 amide bonds. The van der Waals surface area contributed by atoms with Crippen LogP contribution in [0.15, 0.2) is 0 Å². The van der Waals surface area contributed by atoms with Gasteiger partial charge in [-0.25, -0.2) is 0 Å². The molecule has 0 aromatic heterocycles. The molecule has 8 rings (SSSR count). The van der Waals surface area contributed by atoms with Gasteiger partial charge in [0.1, 0.15) is 12.2 Å². The Kier molecular flexibility index (Phi) is 16.6. The van der Waals surface area contributed by atoms with Crippen LogP contribution in [0.5, 0.6) is 0 Å². The zero-order valence-electron chi connectivity index (χ0n) is 43.9. The van der Waals surface area contributed by atoms with Crippen molar-refractivity contribution >= 4 is 23.9 Å². The third kappa shape index (κ3) is 10.1. The number of carboxylic acid groups (broad SMARTS) is 2. The number of esters is 2. The summed E-state index contributed by atoms with van der Waals surface area (Å²) >= 11 is 0. The van der Waals surface area contributed by atoms with E-state index in [0.717, 1.165) is 103 Å². The van der Waals surface area contributed by atoms with Gasteiger partial charge in [0.05, 0.1) is 24.4 Å². The van der Waals surface area contributed by atoms with Crippen LogP contribution in [-0.4, -0.2) is 91.1 Å². The minimum absolute atomic E-state index is 0.0282. The summed E-state index contributed by atoms with van der Waals surface area (Å²) in [5, 5.41) is 66.1. The number of carbonyl (C=O) groups excluding carboxylic acids is 2. The molecule has 22 atom stereocenters. The van der Waals surface area contributed by atoms with Crippen molar-refractivity contribution in [2.24, 2.45) is 92.7 Å². The smallest absolute Gasteiger partial charge is 0.306 e. The highest BCUT2D eigenvalue weighted by atomic mass is 16.5. The predicted octanol–water partition coefficient (Wildman–Crippen LogP) is 10.1. The molecule has 8 fully saturated rings. The van der Waals surface area contributed by atoms with E-state index < -0.39 is 36.4 Å². The van der Waals surface area contributed by atoms with Crippen molar-refractivity contribution in [2.45, 2.75) is 245 Å². The molecule has 0 aliphatic heterocycles. The lowest BCUT2D eigenvalue weighted by molar-refractivity contribution is -0.209. The Morgan fingerprint density at radius 1 is 0.486 bits per heavy atom. The van der Waals surface area contributed by atoms with Gasteiger partial charge in [0.25, 0.3) is 0 Å². The average molecular weight is 983 g/mol. The van der Waals surface area contributed by atoms with Crippen LogP contribution in [0, 0.1) is 92.7 Å². The molecule has 8 saturated carbocycles. The SMILES string of the molecule is C[C@H](CCC(=O)O)[C@H]1CC[C@H]2[C@@H]3[C@H](O)C[C@@H]4C[C@H](OC(=O)CCCCCCCCC(=O)O[C@@H]5CC[C@@]6(C)[C@@H](C5)C[C@@H](O)[C@@H]5[C@@H]6C[C@H](O)[C@]6(C)[C@@H]([C@H](C)CCC(=O)O)CC[C@@H]56)CC[C@]4(C)[C@H]3C[C@H](O)[C@]12C. The number of rotatable bonds is 19. The standard InChI is InChI=1S/C58H94O12/c1-33(15-21-49(63)64)39-17-19-41-53-43(31-47(61)57(39,41)5)55(3)25-23-37(27-35(55)29-45(53)59)69-51(67)13-11-9-7-8-10-12-14-52(68)70-38-24-26-56(4)36(28-38)30-46(60)54-42-20-18-40(34(2)16-22-50(65)66)58(42,6)48(62)32-44(54)56/h33-48,53-54,59-62H,7-32H2,1-6H3,(H,63,64)(H,65,66)/t33-,34-,35+,36+,37-,38-,39-,40-,41+,42+,43+,44+,45-,46-,47+,48+,53+,54+,55+,56+,57-,58-/m1/s1. The molecule has 8 aliphatic carbocycles. The number of aliphatic hydroxyl groups excluding tert-OH is 4. The van der Waals surface area contributed by atoms with E-state index in [1.807, 2.05) is 0 Å². The molecule has 0 bridgehead atoms. The first kappa shape index (κ1) is 54.0. The fourth-order valence-electron chi connectivity index (χ4n) is 19.3. The molecule has 12 nitrogen and oxygen atoms in total. The van der Waals surface area contributed by atoms with Crippen molar-refractivity contribution < 1.29 is 59.3 Å². The van der Waals surface area contributed by atoms with Crippen molar-refractivity contribution in [3.05, 3.63) is 0 Å². The molecule has 0 heterocycles. The van der Waals surface area contributed by atoms with Gasteiger partial charge >= 0.3 is 23.9 Å². The third-order valence-electron chi connectivity index (χ3n) is 23.2. The zero-order valence-corrected chi connectivity index (χ0v) is 43.9. The van der Waals surface area contributed by atoms with E-state index in [0.29, 0.717) is 51.4 Å². The minimum Gasteiger partial charge on any atom is -0.481 e. The maximum Gasteiger partial charge on any atom is 0.306 e. The summed E-state index contributed by atoms with van der Waals surface area (Å²) in [4.78, 5) is 48.8. The minimum atomic E-state index is -0.774. The number of ether oxygens (including phenoxy) is 2. The van der Waals surface area contributed by atoms with Gasteiger partial charge in [-0.05, 0) is 208 Å². The maximum atomic E-state index is 13.1. The highest BCUT2D eigenvalue weighted by molar-refractivity contribution is 5.70. The highest BCUT2D eigenvalue weighted by Crippen LogP contribution is 2.70. The van der Waals surface area contributed by atoms with Gasteiger partial charge in [-0.15, -0.1) is 0 Å². The first-order valence-electron chi connectivity index (χ1n) is 28.7. The first-order chi connectivity index (χ1) is 33.1. The summed E-state index contributed by atoms with van der Waals surface area (Å²) in [6, 6.07) is 0. The van der Waals surface area contributed by atoms with Gasteiger partial charge in [0.2, 0.25) is 0 Å². The lowest BCUT2D eigenvalue weighted by atomic mass is 9.43. The van der Waals surface area contributed by atoms with E-state index in [-0.39, 0.29) is 130 Å². The monoisotopic (exact) mass is 983 g/mol. The topological polar surface area (TPSA) is 208 Å². The van der Waals surface area contributed by atoms with Crippen molar-refractivity contribution in [2.75, 3.05) is 0 Å². The summed E-state index contributed by atoms with van der Waals surface area (Å²) in [7, 11) is 0. The van der Waals surface area contributed by atoms with E-state index >= 15 is 0 Å². The van der Waals surface area contributed by atoms with Crippen LogP contribution in [0.25, 0.3) is 0 Å². The van der Waals surface area contributed by atoms with E-state index in [1.54, 1.807) is 0 Å². The lowest BCUT2D eigenvalue weighted by Crippen LogP contribution is -2.62. The Morgan fingerprint density at radius 2 is 0.857 bits per heavy atom. The second kappa shape index (κ2) is 21.5. The van der Waals surface area contributed by atoms with Crippen molar-refractivity contribution in [1.82, 2.24) is 0 Å². The van der Waals surface area contributed by atoms with Crippen molar-refractivity contribution in [3.8, 4) is 0 Å². The van der Waals surface area contributed by atoms with Gasteiger partial charge in [-0.1, -0.05) is 67.2 Å². The Balaban J connectivity index is 0.707. The summed E-state index contributed by atoms with van der Waals surface area (Å²) < 4.78 is 12.2. The number of aliphatic hydroxyl groups is 4. The second-order valence-corrected chi connectivity index (χ2v) is 26.4. The van der Waals surface area contributed by atoms with Gasteiger partial charge < -0.3 is 40.1 Å². The fraction of sp³-hybridized carbons (Fsp3) is 0.931. The van der Waals surface area contributed by atoms with Gasteiger partial charge in [-0.2, -0.15) is 0 Å². The maximum absolute atomic E-state index is 13.1. The van der Waals surface area contributed by atoms with Crippen LogP contribution >= 0.6 is 0 Å². The number of fused-ring (bicyclic) bond motifs is 10. The van der Waals surface area contributed by atoms with Crippen LogP contribution in [0.3, 0.4) is 0 Å². The molecule has 0 aromatic rings. The first-order valence-corrected chi connectivity index (χ1v) is 28.7. The number of hydrogen-bond acceptors (Lipinski definition) is 10. The average Bonchev–Trinajstić information content (AvgIpc) is 3.85. The molecule has 6 N–H and O–H groups in total. The lowest BCUT2D eigenvalue weighted by Gasteiger charge is -2.63. The number of carboxylic acids is 2. The van der Waals surface area contributed by atoms with E-state index in [1.165, 1.54) is 0 Å². The molecule has 8 aliphatic rings. The Hall–Kier alpha value is -2.28. The second-order valence-electron chi connectivity index (χ2n) is 26.4. The summed E-state index contributed by atoms with van der Waals surface area (Å²) in [6.45, 7) is 13.5. The molecule has 0 saturated heterocycles. The van der Waals surface area contributed by atoms with Crippen LogP contribution < -0.4 is 0 Å². The molecule has 70 heavy (non-hydrogen) atoms. The number of aliphatic carboxylic acids is 2. The van der Waals surface area contributed by atoms with Crippen LogP contribution in [0.2, 0.25) is 0 Å². The van der Waals surface area contributed by atoms with Gasteiger partial charge in [-0.3, -0.25) is 19.2 Å². The molecule has 12 heteroatoms. The zero-order chi connectivity index (χ0) is 50.5. The number of carbonyl (C=O) groups is 4. The van der Waals surface area contributed by atoms with Crippen molar-refractivity contribution in [3.63, 3.8) is 0 Å². The van der Waals surface area contributed by atoms with Gasteiger partial charge in [0, 0.05) is 25.7 Å². The molecular formula is C58H94O12. The Bertz CT molecular complexity index is 1730. The Labute approximate surface area is 419 Å². The van der Waals surface area contributed by atoms with Crippen LogP contribution in [0.1, 0.15) is 208 Å². The predicted molar refractivity (Wildman–Crippen MR) is 265 cm³/mol. The summed E-state index contributed by atoms with van der Waals surface area (Å²) in [5.74, 6) is 0.649. The third-order valence-corrected chi connectivity index (χ3v) is 23.2. The molecule has 0 aromatic carbocycles. The number of unbranched alkanes of at least 4 members (excludes halogenated alkanes) is 5. The largest absolute Gasteiger partial charge is 0.481 e. The summed E-state index contributed by atoms with van der Waals surface area (Å²) in [6.07, 6.45) is 17.2. The van der Waals surface area contributed by atoms with Crippen molar-refractivity contribution in [1.29, 1.82) is 0 Å². The van der Waals surface area contributed by atoms with E-state index in [9.17, 15) is 49.8 Å². The summed E-state index contributed by atoms with van der Waals surface area (Å²) in [5.41, 5.74) is -0.698.